The van der Waals surface area contributed by atoms with E-state index < -0.39 is 14.9 Å². The third-order valence-electron chi connectivity index (χ3n) is 5.36. The van der Waals surface area contributed by atoms with E-state index in [0.717, 1.165) is 36.9 Å². The van der Waals surface area contributed by atoms with E-state index >= 15 is 0 Å². The molecule has 2 fully saturated rings. The molecule has 12 heteroatoms. The van der Waals surface area contributed by atoms with Crippen LogP contribution in [0.15, 0.2) is 32.3 Å². The molecule has 0 amide bonds. The molecule has 2 aromatic rings. The van der Waals surface area contributed by atoms with Crippen molar-refractivity contribution < 1.29 is 13.3 Å². The highest BCUT2D eigenvalue weighted by molar-refractivity contribution is 8.01. The lowest BCUT2D eigenvalue weighted by Crippen LogP contribution is -2.28. The molecule has 0 atom stereocenters. The lowest BCUT2D eigenvalue weighted by molar-refractivity contribution is -0.385. The van der Waals surface area contributed by atoms with E-state index in [-0.39, 0.29) is 10.6 Å². The Balaban J connectivity index is 1.58. The van der Waals surface area contributed by atoms with Crippen molar-refractivity contribution >= 4 is 43.9 Å². The smallest absolute Gasteiger partial charge is 0.270 e. The average Bonchev–Trinajstić information content (AvgIpc) is 3.42. The summed E-state index contributed by atoms with van der Waals surface area (Å²) in [5.74, 6) is 0. The van der Waals surface area contributed by atoms with Gasteiger partial charge in [0.2, 0.25) is 15.2 Å². The van der Waals surface area contributed by atoms with Gasteiger partial charge in [-0.25, -0.2) is 8.42 Å². The van der Waals surface area contributed by atoms with Crippen molar-refractivity contribution in [3.63, 3.8) is 0 Å². The minimum Gasteiger partial charge on any atom is -0.357 e. The van der Waals surface area contributed by atoms with Crippen molar-refractivity contribution in [3.05, 3.63) is 28.3 Å². The molecule has 30 heavy (non-hydrogen) atoms. The molecule has 1 aromatic heterocycles. The number of benzene rings is 1. The van der Waals surface area contributed by atoms with Gasteiger partial charge in [0.15, 0.2) is 4.34 Å². The van der Waals surface area contributed by atoms with Crippen molar-refractivity contribution in [2.24, 2.45) is 0 Å². The minimum atomic E-state index is -3.81. The molecule has 1 aliphatic heterocycles. The first-order valence-corrected chi connectivity index (χ1v) is 13.1. The molecule has 0 bridgehead atoms. The summed E-state index contributed by atoms with van der Waals surface area (Å²) in [6.45, 7) is 0.868. The highest BCUT2D eigenvalue weighted by Gasteiger charge is 2.31. The predicted molar refractivity (Wildman–Crippen MR) is 116 cm³/mol. The summed E-state index contributed by atoms with van der Waals surface area (Å²) in [6, 6.07) is 4.36. The van der Waals surface area contributed by atoms with E-state index in [1.165, 1.54) is 58.8 Å². The number of nitro groups is 1. The van der Waals surface area contributed by atoms with Gasteiger partial charge in [0.25, 0.3) is 5.69 Å². The van der Waals surface area contributed by atoms with Crippen LogP contribution < -0.4 is 5.32 Å². The molecule has 1 N–H and O–H groups in total. The van der Waals surface area contributed by atoms with Gasteiger partial charge in [-0.3, -0.25) is 10.1 Å². The number of anilines is 1. The number of nitrogens with one attached hydrogen (secondary N) is 1. The van der Waals surface area contributed by atoms with E-state index in [9.17, 15) is 18.5 Å². The fourth-order valence-electron chi connectivity index (χ4n) is 3.79. The summed E-state index contributed by atoms with van der Waals surface area (Å²) in [5.41, 5.74) is -0.242. The van der Waals surface area contributed by atoms with Crippen LogP contribution in [-0.2, 0) is 10.0 Å². The Kier molecular flexibility index (Phi) is 6.56. The topological polar surface area (TPSA) is 118 Å². The number of rotatable bonds is 7. The van der Waals surface area contributed by atoms with E-state index in [4.69, 9.17) is 0 Å². The second-order valence-electron chi connectivity index (χ2n) is 7.45. The molecule has 0 radical (unpaired) electrons. The Morgan fingerprint density at radius 1 is 1.13 bits per heavy atom. The molecular formula is C18H23N5O4S3. The second-order valence-corrected chi connectivity index (χ2v) is 11.6. The van der Waals surface area contributed by atoms with E-state index in [2.05, 4.69) is 15.5 Å². The first-order valence-electron chi connectivity index (χ1n) is 10.00. The number of nitro benzene ring substituents is 1. The van der Waals surface area contributed by atoms with Crippen LogP contribution in [0.3, 0.4) is 0 Å². The third kappa shape index (κ3) is 4.76. The first kappa shape index (κ1) is 21.5. The first-order chi connectivity index (χ1) is 14.4. The van der Waals surface area contributed by atoms with Crippen molar-refractivity contribution in [1.82, 2.24) is 14.5 Å². The molecule has 1 aromatic carbocycles. The fourth-order valence-corrected chi connectivity index (χ4v) is 7.63. The number of hydrogen-bond acceptors (Lipinski definition) is 9. The molecule has 162 valence electrons. The van der Waals surface area contributed by atoms with Gasteiger partial charge in [-0.2, -0.15) is 4.31 Å². The van der Waals surface area contributed by atoms with Crippen LogP contribution in [0, 0.1) is 10.1 Å². The number of nitrogens with zero attached hydrogens (tertiary/aromatic N) is 4. The Labute approximate surface area is 183 Å². The zero-order valence-electron chi connectivity index (χ0n) is 16.3. The van der Waals surface area contributed by atoms with Crippen LogP contribution in [0.4, 0.5) is 10.8 Å². The van der Waals surface area contributed by atoms with Gasteiger partial charge in [-0.1, -0.05) is 42.4 Å². The fraction of sp³-hybridized carbons (Fsp3) is 0.556. The van der Waals surface area contributed by atoms with Crippen LogP contribution in [0.1, 0.15) is 44.9 Å². The third-order valence-corrected chi connectivity index (χ3v) is 9.41. The standard InChI is InChI=1S/C18H23N5O4S3/c24-23(25)14-8-9-15(16(12-14)30(26,27)22-10-4-5-11-22)28-18-21-20-17(29-18)19-13-6-2-1-3-7-13/h8-9,12-13H,1-7,10-11H2,(H,19,20). The van der Waals surface area contributed by atoms with Crippen molar-refractivity contribution in [1.29, 1.82) is 0 Å². The summed E-state index contributed by atoms with van der Waals surface area (Å²) in [7, 11) is -3.81. The Morgan fingerprint density at radius 3 is 2.57 bits per heavy atom. The SMILES string of the molecule is O=[N+]([O-])c1ccc(Sc2nnc(NC3CCCCC3)s2)c(S(=O)(=O)N2CCCC2)c1. The van der Waals surface area contributed by atoms with Crippen molar-refractivity contribution in [2.75, 3.05) is 18.4 Å². The molecular weight excluding hydrogens is 446 g/mol. The Morgan fingerprint density at radius 2 is 1.87 bits per heavy atom. The number of non-ortho nitro benzene ring substituents is 1. The maximum Gasteiger partial charge on any atom is 0.270 e. The summed E-state index contributed by atoms with van der Waals surface area (Å²) < 4.78 is 28.3. The maximum absolute atomic E-state index is 13.1. The molecule has 2 heterocycles. The molecule has 9 nitrogen and oxygen atoms in total. The van der Waals surface area contributed by atoms with Gasteiger partial charge in [-0.15, -0.1) is 10.2 Å². The lowest BCUT2D eigenvalue weighted by Gasteiger charge is -2.21. The zero-order chi connectivity index (χ0) is 21.1. The maximum atomic E-state index is 13.1. The normalized spacial score (nSPS) is 18.5. The van der Waals surface area contributed by atoms with Crippen LogP contribution in [0.5, 0.6) is 0 Å². The summed E-state index contributed by atoms with van der Waals surface area (Å²) in [6.07, 6.45) is 7.50. The van der Waals surface area contributed by atoms with Crippen LogP contribution in [0.25, 0.3) is 0 Å². The molecule has 1 saturated heterocycles. The second kappa shape index (κ2) is 9.16. The number of aromatic nitrogens is 2. The van der Waals surface area contributed by atoms with Gasteiger partial charge in [0.05, 0.1) is 4.92 Å². The molecule has 1 saturated carbocycles. The number of sulfonamides is 1. The summed E-state index contributed by atoms with van der Waals surface area (Å²) in [4.78, 5) is 11.0. The zero-order valence-corrected chi connectivity index (χ0v) is 18.8. The average molecular weight is 470 g/mol. The quantitative estimate of drug-likeness (QED) is 0.475. The van der Waals surface area contributed by atoms with E-state index in [1.54, 1.807) is 0 Å². The van der Waals surface area contributed by atoms with Crippen molar-refractivity contribution in [3.8, 4) is 0 Å². The molecule has 2 aliphatic rings. The van der Waals surface area contributed by atoms with Crippen molar-refractivity contribution in [2.45, 2.75) is 65.1 Å². The van der Waals surface area contributed by atoms with Gasteiger partial charge in [0, 0.05) is 36.2 Å². The Bertz CT molecular complexity index is 1010. The van der Waals surface area contributed by atoms with Crippen LogP contribution >= 0.6 is 23.1 Å². The van der Waals surface area contributed by atoms with Gasteiger partial charge < -0.3 is 5.32 Å². The summed E-state index contributed by atoms with van der Waals surface area (Å²) in [5, 5.41) is 23.7. The van der Waals surface area contributed by atoms with Gasteiger partial charge in [0.1, 0.15) is 4.90 Å². The highest BCUT2D eigenvalue weighted by atomic mass is 32.2. The minimum absolute atomic E-state index is 0.0411. The van der Waals surface area contributed by atoms with Crippen LogP contribution in [0.2, 0.25) is 0 Å². The molecule has 4 rings (SSSR count). The molecule has 0 spiro atoms. The summed E-state index contributed by atoms with van der Waals surface area (Å²) >= 11 is 2.55. The molecule has 1 aliphatic carbocycles. The number of hydrogen-bond donors (Lipinski definition) is 1. The predicted octanol–water partition coefficient (Wildman–Crippen LogP) is 4.13. The van der Waals surface area contributed by atoms with Crippen LogP contribution in [-0.4, -0.2) is 47.0 Å². The molecule has 0 unspecified atom stereocenters. The van der Waals surface area contributed by atoms with E-state index in [0.29, 0.717) is 28.4 Å². The van der Waals surface area contributed by atoms with Gasteiger partial charge >= 0.3 is 0 Å². The van der Waals surface area contributed by atoms with Gasteiger partial charge in [-0.05, 0) is 31.7 Å². The Hall–Kier alpha value is -1.76. The monoisotopic (exact) mass is 469 g/mol. The largest absolute Gasteiger partial charge is 0.357 e. The lowest BCUT2D eigenvalue weighted by atomic mass is 9.96. The highest BCUT2D eigenvalue weighted by Crippen LogP contribution is 2.39. The van der Waals surface area contributed by atoms with E-state index in [1.807, 2.05) is 0 Å².